The highest BCUT2D eigenvalue weighted by atomic mass is 16.2. The number of hydrogen-bond donors (Lipinski definition) is 1. The molecule has 1 atom stereocenters. The first kappa shape index (κ1) is 16.5. The quantitative estimate of drug-likeness (QED) is 0.931. The summed E-state index contributed by atoms with van der Waals surface area (Å²) < 4.78 is 0. The Hall–Kier alpha value is -1.84. The zero-order chi connectivity index (χ0) is 16.3. The Morgan fingerprint density at radius 1 is 1.23 bits per heavy atom. The number of aryl methyl sites for hydroxylation is 3. The number of likely N-dealkylation sites (tertiary alicyclic amines) is 1. The van der Waals surface area contributed by atoms with Gasteiger partial charge in [-0.1, -0.05) is 17.7 Å². The number of carbonyl (C=O) groups excluding carboxylic acids is 2. The summed E-state index contributed by atoms with van der Waals surface area (Å²) in [5.74, 6) is 0.221. The van der Waals surface area contributed by atoms with Gasteiger partial charge in [0.1, 0.15) is 0 Å². The number of carbonyl (C=O) groups is 2. The minimum Gasteiger partial charge on any atom is -0.353 e. The highest BCUT2D eigenvalue weighted by molar-refractivity contribution is 5.80. The summed E-state index contributed by atoms with van der Waals surface area (Å²) in [6, 6.07) is 4.34. The minimum absolute atomic E-state index is 0.0528. The Labute approximate surface area is 132 Å². The van der Waals surface area contributed by atoms with Crippen LogP contribution in [0.2, 0.25) is 0 Å². The van der Waals surface area contributed by atoms with E-state index in [1.54, 1.807) is 4.90 Å². The Kier molecular flexibility index (Phi) is 5.22. The molecule has 0 aromatic heterocycles. The van der Waals surface area contributed by atoms with Crippen LogP contribution in [0.4, 0.5) is 0 Å². The standard InChI is InChI=1S/C18H26N2O2/c1-12-9-13(2)16(14(3)10-12)11-17(21)19-15-5-6-18(22)20(4)8-7-15/h9-10,15H,5-8,11H2,1-4H3,(H,19,21). The van der Waals surface area contributed by atoms with Gasteiger partial charge in [0, 0.05) is 26.1 Å². The summed E-state index contributed by atoms with van der Waals surface area (Å²) in [6.07, 6.45) is 2.50. The smallest absolute Gasteiger partial charge is 0.224 e. The van der Waals surface area contributed by atoms with E-state index in [4.69, 9.17) is 0 Å². The third-order valence-electron chi connectivity index (χ3n) is 4.49. The van der Waals surface area contributed by atoms with Gasteiger partial charge in [0.15, 0.2) is 0 Å². The van der Waals surface area contributed by atoms with Gasteiger partial charge in [0.2, 0.25) is 11.8 Å². The summed E-state index contributed by atoms with van der Waals surface area (Å²) in [6.45, 7) is 6.90. The van der Waals surface area contributed by atoms with Crippen LogP contribution in [0, 0.1) is 20.8 Å². The Balaban J connectivity index is 1.97. The molecule has 1 aromatic carbocycles. The molecule has 0 aliphatic carbocycles. The molecule has 120 valence electrons. The van der Waals surface area contributed by atoms with Gasteiger partial charge in [-0.05, 0) is 50.3 Å². The highest BCUT2D eigenvalue weighted by Crippen LogP contribution is 2.17. The van der Waals surface area contributed by atoms with Gasteiger partial charge in [0.25, 0.3) is 0 Å². The first-order valence-corrected chi connectivity index (χ1v) is 7.97. The van der Waals surface area contributed by atoms with Gasteiger partial charge in [-0.15, -0.1) is 0 Å². The fraction of sp³-hybridized carbons (Fsp3) is 0.556. The number of nitrogens with one attached hydrogen (secondary N) is 1. The van der Waals surface area contributed by atoms with Gasteiger partial charge >= 0.3 is 0 Å². The second kappa shape index (κ2) is 6.95. The average Bonchev–Trinajstić information content (AvgIpc) is 2.58. The largest absolute Gasteiger partial charge is 0.353 e. The number of rotatable bonds is 3. The van der Waals surface area contributed by atoms with E-state index in [0.717, 1.165) is 18.4 Å². The van der Waals surface area contributed by atoms with Crippen LogP contribution < -0.4 is 5.32 Å². The van der Waals surface area contributed by atoms with Gasteiger partial charge in [-0.25, -0.2) is 0 Å². The minimum atomic E-state index is 0.0528. The molecular formula is C18H26N2O2. The van der Waals surface area contributed by atoms with Crippen molar-refractivity contribution in [3.8, 4) is 0 Å². The maximum atomic E-state index is 12.3. The van der Waals surface area contributed by atoms with Crippen molar-refractivity contribution in [3.63, 3.8) is 0 Å². The van der Waals surface area contributed by atoms with Crippen molar-refractivity contribution in [3.05, 3.63) is 34.4 Å². The summed E-state index contributed by atoms with van der Waals surface area (Å²) in [5, 5.41) is 3.10. The maximum Gasteiger partial charge on any atom is 0.224 e. The van der Waals surface area contributed by atoms with Crippen LogP contribution >= 0.6 is 0 Å². The highest BCUT2D eigenvalue weighted by Gasteiger charge is 2.21. The van der Waals surface area contributed by atoms with Crippen LogP contribution in [0.5, 0.6) is 0 Å². The second-order valence-corrected chi connectivity index (χ2v) is 6.46. The molecule has 1 N–H and O–H groups in total. The lowest BCUT2D eigenvalue weighted by Crippen LogP contribution is -2.36. The fourth-order valence-corrected chi connectivity index (χ4v) is 3.18. The first-order chi connectivity index (χ1) is 10.4. The number of hydrogen-bond acceptors (Lipinski definition) is 2. The van der Waals surface area contributed by atoms with Gasteiger partial charge < -0.3 is 10.2 Å². The molecule has 1 aliphatic heterocycles. The zero-order valence-corrected chi connectivity index (χ0v) is 14.0. The second-order valence-electron chi connectivity index (χ2n) is 6.46. The third kappa shape index (κ3) is 4.09. The topological polar surface area (TPSA) is 49.4 Å². The monoisotopic (exact) mass is 302 g/mol. The first-order valence-electron chi connectivity index (χ1n) is 7.97. The maximum absolute atomic E-state index is 12.3. The van der Waals surface area contributed by atoms with Crippen molar-refractivity contribution in [2.45, 2.75) is 52.5 Å². The van der Waals surface area contributed by atoms with E-state index in [0.29, 0.717) is 19.4 Å². The van der Waals surface area contributed by atoms with E-state index in [9.17, 15) is 9.59 Å². The molecule has 1 unspecified atom stereocenters. The molecule has 1 heterocycles. The van der Waals surface area contributed by atoms with Crippen molar-refractivity contribution in [2.75, 3.05) is 13.6 Å². The van der Waals surface area contributed by atoms with Crippen LogP contribution in [0.1, 0.15) is 41.5 Å². The SMILES string of the molecule is Cc1cc(C)c(CC(=O)NC2CCC(=O)N(C)CC2)c(C)c1. The molecule has 22 heavy (non-hydrogen) atoms. The lowest BCUT2D eigenvalue weighted by atomic mass is 9.97. The Morgan fingerprint density at radius 3 is 2.50 bits per heavy atom. The molecule has 0 saturated carbocycles. The Morgan fingerprint density at radius 2 is 1.86 bits per heavy atom. The van der Waals surface area contributed by atoms with Crippen LogP contribution in [0.15, 0.2) is 12.1 Å². The van der Waals surface area contributed by atoms with Crippen LogP contribution in [0.3, 0.4) is 0 Å². The van der Waals surface area contributed by atoms with E-state index in [2.05, 4.69) is 38.2 Å². The normalized spacial score (nSPS) is 19.0. The molecule has 1 aromatic rings. The molecule has 2 rings (SSSR count). The van der Waals surface area contributed by atoms with Crippen LogP contribution in [0.25, 0.3) is 0 Å². The predicted octanol–water partition coefficient (Wildman–Crippen LogP) is 2.28. The van der Waals surface area contributed by atoms with Crippen molar-refractivity contribution < 1.29 is 9.59 Å². The molecule has 0 bridgehead atoms. The van der Waals surface area contributed by atoms with Crippen LogP contribution in [-0.2, 0) is 16.0 Å². The molecule has 4 nitrogen and oxygen atoms in total. The van der Waals surface area contributed by atoms with Gasteiger partial charge in [0.05, 0.1) is 6.42 Å². The van der Waals surface area contributed by atoms with Crippen molar-refractivity contribution >= 4 is 11.8 Å². The number of nitrogens with zero attached hydrogens (tertiary/aromatic N) is 1. The number of benzene rings is 1. The molecule has 0 spiro atoms. The van der Waals surface area contributed by atoms with Gasteiger partial charge in [-0.3, -0.25) is 9.59 Å². The fourth-order valence-electron chi connectivity index (χ4n) is 3.18. The van der Waals surface area contributed by atoms with E-state index >= 15 is 0 Å². The van der Waals surface area contributed by atoms with E-state index < -0.39 is 0 Å². The molecule has 2 amide bonds. The Bertz CT molecular complexity index is 557. The van der Waals surface area contributed by atoms with E-state index in [1.807, 2.05) is 7.05 Å². The molecular weight excluding hydrogens is 276 g/mol. The van der Waals surface area contributed by atoms with Crippen molar-refractivity contribution in [1.82, 2.24) is 10.2 Å². The third-order valence-corrected chi connectivity index (χ3v) is 4.49. The molecule has 0 radical (unpaired) electrons. The summed E-state index contributed by atoms with van der Waals surface area (Å²) in [4.78, 5) is 25.8. The van der Waals surface area contributed by atoms with E-state index in [1.165, 1.54) is 16.7 Å². The van der Waals surface area contributed by atoms with Crippen LogP contribution in [-0.4, -0.2) is 36.3 Å². The predicted molar refractivity (Wildman–Crippen MR) is 87.8 cm³/mol. The van der Waals surface area contributed by atoms with E-state index in [-0.39, 0.29) is 17.9 Å². The molecule has 1 aliphatic rings. The van der Waals surface area contributed by atoms with Crippen molar-refractivity contribution in [2.24, 2.45) is 0 Å². The lowest BCUT2D eigenvalue weighted by molar-refractivity contribution is -0.129. The molecule has 1 fully saturated rings. The zero-order valence-electron chi connectivity index (χ0n) is 14.0. The number of amides is 2. The van der Waals surface area contributed by atoms with Gasteiger partial charge in [-0.2, -0.15) is 0 Å². The summed E-state index contributed by atoms with van der Waals surface area (Å²) in [5.41, 5.74) is 4.68. The summed E-state index contributed by atoms with van der Waals surface area (Å²) in [7, 11) is 1.82. The summed E-state index contributed by atoms with van der Waals surface area (Å²) >= 11 is 0. The molecule has 1 saturated heterocycles. The average molecular weight is 302 g/mol. The lowest BCUT2D eigenvalue weighted by Gasteiger charge is -2.18. The van der Waals surface area contributed by atoms with Crippen molar-refractivity contribution in [1.29, 1.82) is 0 Å². The molecule has 4 heteroatoms.